The smallest absolute Gasteiger partial charge is 0.0159 e. The zero-order valence-corrected chi connectivity index (χ0v) is 26.9. The fourth-order valence-corrected chi connectivity index (χ4v) is 8.28. The summed E-state index contributed by atoms with van der Waals surface area (Å²) in [6.07, 6.45) is 0. The predicted molar refractivity (Wildman–Crippen MR) is 195 cm³/mol. The van der Waals surface area contributed by atoms with Gasteiger partial charge >= 0.3 is 0 Å². The van der Waals surface area contributed by atoms with E-state index >= 15 is 0 Å². The molecule has 0 aliphatic heterocycles. The van der Waals surface area contributed by atoms with Gasteiger partial charge in [-0.3, -0.25) is 0 Å². The Labute approximate surface area is 272 Å². The first-order valence-electron chi connectivity index (χ1n) is 16.4. The van der Waals surface area contributed by atoms with Crippen molar-refractivity contribution in [3.05, 3.63) is 168 Å². The van der Waals surface area contributed by atoms with Gasteiger partial charge in [0.1, 0.15) is 0 Å². The van der Waals surface area contributed by atoms with Gasteiger partial charge in [0.05, 0.1) is 0 Å². The van der Waals surface area contributed by atoms with Gasteiger partial charge < -0.3 is 0 Å². The number of hydrogen-bond donors (Lipinski definition) is 0. The average molecular weight is 589 g/mol. The van der Waals surface area contributed by atoms with Crippen LogP contribution in [0.3, 0.4) is 0 Å². The Kier molecular flexibility index (Phi) is 5.69. The molecule has 0 atom stereocenters. The van der Waals surface area contributed by atoms with Crippen LogP contribution < -0.4 is 0 Å². The molecule has 0 N–H and O–H groups in total. The van der Waals surface area contributed by atoms with E-state index < -0.39 is 0 Å². The molecule has 0 heteroatoms. The molecule has 2 aliphatic rings. The Morgan fingerprint density at radius 2 is 0.696 bits per heavy atom. The standard InChI is InChI=1S/C46H36/c1-45(2)41-25-33(29-13-7-5-8-14-29)19-21-35(41)39-27-44-40(28-43(39)45)36-22-20-34(26-42(36)46(44,3)4)38-24-32-18-12-11-17-31(32)23-37(38)30-15-9-6-10-16-30/h5-28H,1-4H3. The highest BCUT2D eigenvalue weighted by atomic mass is 14.4. The summed E-state index contributed by atoms with van der Waals surface area (Å²) >= 11 is 0. The second-order valence-electron chi connectivity index (χ2n) is 14.2. The van der Waals surface area contributed by atoms with Gasteiger partial charge in [0.15, 0.2) is 0 Å². The molecule has 0 radical (unpaired) electrons. The van der Waals surface area contributed by atoms with Gasteiger partial charge in [0.25, 0.3) is 0 Å². The van der Waals surface area contributed by atoms with Gasteiger partial charge in [-0.1, -0.05) is 137 Å². The minimum absolute atomic E-state index is 0.0764. The Hall–Kier alpha value is -5.20. The summed E-state index contributed by atoms with van der Waals surface area (Å²) in [5.41, 5.74) is 18.7. The third-order valence-electron chi connectivity index (χ3n) is 10.9. The highest BCUT2D eigenvalue weighted by Gasteiger charge is 2.41. The van der Waals surface area contributed by atoms with Crippen LogP contribution in [0, 0.1) is 0 Å². The van der Waals surface area contributed by atoms with Crippen molar-refractivity contribution >= 4 is 10.8 Å². The van der Waals surface area contributed by atoms with Crippen molar-refractivity contribution in [1.82, 2.24) is 0 Å². The van der Waals surface area contributed by atoms with E-state index in [1.54, 1.807) is 0 Å². The van der Waals surface area contributed by atoms with Crippen LogP contribution in [0.15, 0.2) is 146 Å². The van der Waals surface area contributed by atoms with Gasteiger partial charge in [-0.05, 0) is 125 Å². The molecule has 0 bridgehead atoms. The monoisotopic (exact) mass is 588 g/mol. The van der Waals surface area contributed by atoms with Gasteiger partial charge in [-0.15, -0.1) is 0 Å². The molecular formula is C46H36. The lowest BCUT2D eigenvalue weighted by atomic mass is 9.78. The predicted octanol–water partition coefficient (Wildman–Crippen LogP) is 12.5. The lowest BCUT2D eigenvalue weighted by Gasteiger charge is -2.24. The summed E-state index contributed by atoms with van der Waals surface area (Å²) in [7, 11) is 0. The quantitative estimate of drug-likeness (QED) is 0.193. The average Bonchev–Trinajstić information content (AvgIpc) is 3.46. The lowest BCUT2D eigenvalue weighted by molar-refractivity contribution is 0.652. The Morgan fingerprint density at radius 3 is 1.24 bits per heavy atom. The molecule has 0 unspecified atom stereocenters. The molecule has 0 saturated heterocycles. The first kappa shape index (κ1) is 27.1. The maximum atomic E-state index is 2.52. The van der Waals surface area contributed by atoms with Gasteiger partial charge in [0.2, 0.25) is 0 Å². The van der Waals surface area contributed by atoms with E-state index in [0.717, 1.165) is 0 Å². The van der Waals surface area contributed by atoms with Crippen molar-refractivity contribution in [2.24, 2.45) is 0 Å². The SMILES string of the molecule is CC1(C)c2cc(-c3ccccc3)ccc2-c2cc3c(cc21)-c1ccc(-c2cc4ccccc4cc2-c2ccccc2)cc1C3(C)C. The third kappa shape index (κ3) is 3.86. The molecule has 7 aromatic rings. The van der Waals surface area contributed by atoms with Crippen LogP contribution in [0.1, 0.15) is 49.9 Å². The fraction of sp³-hybridized carbons (Fsp3) is 0.130. The third-order valence-corrected chi connectivity index (χ3v) is 10.9. The highest BCUT2D eigenvalue weighted by Crippen LogP contribution is 2.57. The van der Waals surface area contributed by atoms with Gasteiger partial charge in [0, 0.05) is 10.8 Å². The van der Waals surface area contributed by atoms with Crippen molar-refractivity contribution in [3.8, 4) is 55.6 Å². The van der Waals surface area contributed by atoms with E-state index in [1.165, 1.54) is 88.7 Å². The number of benzene rings is 7. The van der Waals surface area contributed by atoms with Gasteiger partial charge in [-0.2, -0.15) is 0 Å². The molecule has 220 valence electrons. The summed E-state index contributed by atoms with van der Waals surface area (Å²) in [5, 5.41) is 2.54. The maximum Gasteiger partial charge on any atom is 0.0159 e. The normalized spacial score (nSPS) is 14.9. The second kappa shape index (κ2) is 9.65. The lowest BCUT2D eigenvalue weighted by Crippen LogP contribution is -2.17. The van der Waals surface area contributed by atoms with Crippen molar-refractivity contribution in [2.45, 2.75) is 38.5 Å². The largest absolute Gasteiger partial charge is 0.0622 e. The Morgan fingerprint density at radius 1 is 0.283 bits per heavy atom. The number of hydrogen-bond acceptors (Lipinski definition) is 0. The van der Waals surface area contributed by atoms with Crippen LogP contribution in [-0.4, -0.2) is 0 Å². The van der Waals surface area contributed by atoms with E-state index in [9.17, 15) is 0 Å². The molecule has 2 aliphatic carbocycles. The molecule has 0 heterocycles. The summed E-state index contributed by atoms with van der Waals surface area (Å²) in [4.78, 5) is 0. The van der Waals surface area contributed by atoms with Crippen LogP contribution >= 0.6 is 0 Å². The molecule has 0 nitrogen and oxygen atoms in total. The van der Waals surface area contributed by atoms with E-state index in [1.807, 2.05) is 0 Å². The van der Waals surface area contributed by atoms with Crippen LogP contribution in [-0.2, 0) is 10.8 Å². The van der Waals surface area contributed by atoms with Crippen molar-refractivity contribution in [3.63, 3.8) is 0 Å². The van der Waals surface area contributed by atoms with Crippen LogP contribution in [0.2, 0.25) is 0 Å². The number of fused-ring (bicyclic) bond motifs is 7. The molecule has 0 spiro atoms. The molecule has 9 rings (SSSR count). The summed E-state index contributed by atoms with van der Waals surface area (Å²) in [6.45, 7) is 9.61. The minimum atomic E-state index is -0.115. The molecule has 0 saturated carbocycles. The molecule has 7 aromatic carbocycles. The van der Waals surface area contributed by atoms with E-state index in [2.05, 4.69) is 173 Å². The first-order chi connectivity index (χ1) is 22.3. The van der Waals surface area contributed by atoms with Crippen molar-refractivity contribution < 1.29 is 0 Å². The maximum absolute atomic E-state index is 2.52. The van der Waals surface area contributed by atoms with Crippen LogP contribution in [0.5, 0.6) is 0 Å². The number of rotatable bonds is 3. The molecule has 46 heavy (non-hydrogen) atoms. The van der Waals surface area contributed by atoms with E-state index in [-0.39, 0.29) is 10.8 Å². The summed E-state index contributed by atoms with van der Waals surface area (Å²) in [5.74, 6) is 0. The first-order valence-corrected chi connectivity index (χ1v) is 16.4. The molecular weight excluding hydrogens is 553 g/mol. The fourth-order valence-electron chi connectivity index (χ4n) is 8.28. The zero-order chi connectivity index (χ0) is 31.2. The zero-order valence-electron chi connectivity index (χ0n) is 26.9. The van der Waals surface area contributed by atoms with Crippen molar-refractivity contribution in [2.75, 3.05) is 0 Å². The topological polar surface area (TPSA) is 0 Å². The summed E-state index contributed by atoms with van der Waals surface area (Å²) in [6, 6.07) is 54.4. The summed E-state index contributed by atoms with van der Waals surface area (Å²) < 4.78 is 0. The minimum Gasteiger partial charge on any atom is -0.0622 e. The van der Waals surface area contributed by atoms with E-state index in [4.69, 9.17) is 0 Å². The van der Waals surface area contributed by atoms with Crippen molar-refractivity contribution in [1.29, 1.82) is 0 Å². The highest BCUT2D eigenvalue weighted by molar-refractivity contribution is 5.98. The van der Waals surface area contributed by atoms with E-state index in [0.29, 0.717) is 0 Å². The van der Waals surface area contributed by atoms with Gasteiger partial charge in [-0.25, -0.2) is 0 Å². The Bertz CT molecular complexity index is 2340. The Balaban J connectivity index is 1.19. The molecule has 0 amide bonds. The molecule has 0 fully saturated rings. The second-order valence-corrected chi connectivity index (χ2v) is 14.2. The molecule has 0 aromatic heterocycles. The van der Waals surface area contributed by atoms with Crippen LogP contribution in [0.4, 0.5) is 0 Å². The van der Waals surface area contributed by atoms with Crippen LogP contribution in [0.25, 0.3) is 66.4 Å².